The van der Waals surface area contributed by atoms with Crippen LogP contribution in [0.15, 0.2) is 36.4 Å². The second-order valence-electron chi connectivity index (χ2n) is 7.16. The van der Waals surface area contributed by atoms with Gasteiger partial charge in [0.1, 0.15) is 6.54 Å². The van der Waals surface area contributed by atoms with Crippen LogP contribution in [0, 0.1) is 0 Å². The summed E-state index contributed by atoms with van der Waals surface area (Å²) in [5.74, 6) is -0.582. The molecule has 30 heavy (non-hydrogen) atoms. The lowest BCUT2D eigenvalue weighted by atomic mass is 10.1. The normalized spacial score (nSPS) is 12.5. The molecule has 2 aromatic rings. The fraction of sp³-hybridized carbons (Fsp3) is 0.318. The van der Waals surface area contributed by atoms with E-state index < -0.39 is 0 Å². The topological polar surface area (TPSA) is 69.7 Å². The number of carbonyl (C=O) groups excluding carboxylic acids is 3. The van der Waals surface area contributed by atoms with Gasteiger partial charge in [-0.1, -0.05) is 30.1 Å². The van der Waals surface area contributed by atoms with E-state index >= 15 is 0 Å². The maximum absolute atomic E-state index is 13.1. The molecule has 0 unspecified atom stereocenters. The third kappa shape index (κ3) is 4.94. The zero-order chi connectivity index (χ0) is 21.8. The molecule has 0 bridgehead atoms. The molecular formula is C22H23Cl2N3O3. The second kappa shape index (κ2) is 9.49. The number of hydrogen-bond acceptors (Lipinski definition) is 3. The van der Waals surface area contributed by atoms with E-state index in [4.69, 9.17) is 23.2 Å². The molecule has 3 amide bonds. The van der Waals surface area contributed by atoms with Gasteiger partial charge in [0.25, 0.3) is 5.91 Å². The molecule has 3 rings (SSSR count). The lowest BCUT2D eigenvalue weighted by Crippen LogP contribution is -2.38. The molecule has 1 aliphatic rings. The molecule has 0 aliphatic carbocycles. The van der Waals surface area contributed by atoms with E-state index in [1.165, 1.54) is 11.8 Å². The van der Waals surface area contributed by atoms with Crippen LogP contribution in [0.3, 0.4) is 0 Å². The summed E-state index contributed by atoms with van der Waals surface area (Å²) in [5, 5.41) is 3.53. The molecule has 0 saturated heterocycles. The van der Waals surface area contributed by atoms with Gasteiger partial charge in [-0.3, -0.25) is 14.4 Å². The van der Waals surface area contributed by atoms with Gasteiger partial charge in [-0.2, -0.15) is 0 Å². The van der Waals surface area contributed by atoms with Crippen LogP contribution in [0.5, 0.6) is 0 Å². The summed E-state index contributed by atoms with van der Waals surface area (Å²) in [6, 6.07) is 10.1. The highest BCUT2D eigenvalue weighted by Crippen LogP contribution is 2.29. The molecule has 1 N–H and O–H groups in total. The smallest absolute Gasteiger partial charge is 0.254 e. The molecule has 1 heterocycles. The number of carbonyl (C=O) groups is 3. The van der Waals surface area contributed by atoms with Crippen molar-refractivity contribution >= 4 is 52.3 Å². The van der Waals surface area contributed by atoms with Gasteiger partial charge in [-0.25, -0.2) is 0 Å². The Bertz CT molecular complexity index is 994. The molecular weight excluding hydrogens is 425 g/mol. The number of benzene rings is 2. The predicted octanol–water partition coefficient (Wildman–Crippen LogP) is 4.39. The first-order valence-corrected chi connectivity index (χ1v) is 10.5. The van der Waals surface area contributed by atoms with Crippen LogP contribution in [0.2, 0.25) is 10.0 Å². The zero-order valence-electron chi connectivity index (χ0n) is 16.9. The van der Waals surface area contributed by atoms with Crippen molar-refractivity contribution in [3.63, 3.8) is 0 Å². The maximum Gasteiger partial charge on any atom is 0.254 e. The summed E-state index contributed by atoms with van der Waals surface area (Å²) < 4.78 is 0. The average molecular weight is 448 g/mol. The number of nitrogens with zero attached hydrogens (tertiary/aromatic N) is 2. The van der Waals surface area contributed by atoms with Crippen molar-refractivity contribution < 1.29 is 14.4 Å². The number of fused-ring (bicyclic) bond motifs is 1. The first-order valence-electron chi connectivity index (χ1n) is 9.75. The van der Waals surface area contributed by atoms with Gasteiger partial charge in [-0.15, -0.1) is 0 Å². The number of hydrogen-bond donors (Lipinski definition) is 1. The maximum atomic E-state index is 13.1. The van der Waals surface area contributed by atoms with Gasteiger partial charge in [0, 0.05) is 36.3 Å². The van der Waals surface area contributed by atoms with E-state index in [1.54, 1.807) is 35.2 Å². The van der Waals surface area contributed by atoms with Crippen molar-refractivity contribution in [1.82, 2.24) is 4.90 Å². The lowest BCUT2D eigenvalue weighted by molar-refractivity contribution is -0.117. The number of amides is 3. The molecule has 0 saturated carbocycles. The fourth-order valence-electron chi connectivity index (χ4n) is 3.52. The number of rotatable bonds is 6. The standard InChI is InChI=1S/C22H23Cl2N3O3/c1-3-9-26(13-21(29)25-19-6-5-17(23)12-18(19)24)22(30)16-4-7-20-15(11-16)8-10-27(20)14(2)28/h4-7,11-12H,3,8-10,13H2,1-2H3,(H,25,29). The number of halogens is 2. The minimum Gasteiger partial charge on any atom is -0.329 e. The summed E-state index contributed by atoms with van der Waals surface area (Å²) in [4.78, 5) is 40.5. The van der Waals surface area contributed by atoms with Crippen LogP contribution < -0.4 is 10.2 Å². The molecule has 158 valence electrons. The number of nitrogens with one attached hydrogen (secondary N) is 1. The van der Waals surface area contributed by atoms with Crippen LogP contribution >= 0.6 is 23.2 Å². The third-order valence-electron chi connectivity index (χ3n) is 4.92. The third-order valence-corrected chi connectivity index (χ3v) is 5.47. The van der Waals surface area contributed by atoms with Gasteiger partial charge in [0.2, 0.25) is 11.8 Å². The van der Waals surface area contributed by atoms with Crippen molar-refractivity contribution in [2.24, 2.45) is 0 Å². The Labute approximate surface area is 185 Å². The zero-order valence-corrected chi connectivity index (χ0v) is 18.4. The van der Waals surface area contributed by atoms with E-state index in [9.17, 15) is 14.4 Å². The first kappa shape index (κ1) is 22.1. The predicted molar refractivity (Wildman–Crippen MR) is 119 cm³/mol. The monoisotopic (exact) mass is 447 g/mol. The Kier molecular flexibility index (Phi) is 7.00. The summed E-state index contributed by atoms with van der Waals surface area (Å²) in [6.45, 7) is 4.44. The van der Waals surface area contributed by atoms with Crippen molar-refractivity contribution in [1.29, 1.82) is 0 Å². The molecule has 0 fully saturated rings. The van der Waals surface area contributed by atoms with Gasteiger partial charge in [0.05, 0.1) is 10.7 Å². The summed E-state index contributed by atoms with van der Waals surface area (Å²) in [6.07, 6.45) is 1.42. The van der Waals surface area contributed by atoms with E-state index in [1.807, 2.05) is 13.0 Å². The van der Waals surface area contributed by atoms with E-state index in [-0.39, 0.29) is 24.3 Å². The minimum atomic E-state index is -0.343. The minimum absolute atomic E-state index is 0.0158. The van der Waals surface area contributed by atoms with Crippen LogP contribution in [-0.4, -0.2) is 42.3 Å². The van der Waals surface area contributed by atoms with Gasteiger partial charge in [-0.05, 0) is 54.8 Å². The van der Waals surface area contributed by atoms with Crippen molar-refractivity contribution in [3.05, 3.63) is 57.6 Å². The van der Waals surface area contributed by atoms with Gasteiger partial charge < -0.3 is 15.1 Å². The average Bonchev–Trinajstić information content (AvgIpc) is 3.13. The molecule has 0 atom stereocenters. The van der Waals surface area contributed by atoms with Gasteiger partial charge in [0.15, 0.2) is 0 Å². The summed E-state index contributed by atoms with van der Waals surface area (Å²) in [5.41, 5.74) is 2.75. The van der Waals surface area contributed by atoms with Crippen LogP contribution in [0.25, 0.3) is 0 Å². The van der Waals surface area contributed by atoms with Gasteiger partial charge >= 0.3 is 0 Å². The SMILES string of the molecule is CCCN(CC(=O)Nc1ccc(Cl)cc1Cl)C(=O)c1ccc2c(c1)CCN2C(C)=O. The van der Waals surface area contributed by atoms with Crippen molar-refractivity contribution in [3.8, 4) is 0 Å². The largest absolute Gasteiger partial charge is 0.329 e. The van der Waals surface area contributed by atoms with E-state index in [0.717, 1.165) is 11.3 Å². The molecule has 8 heteroatoms. The highest BCUT2D eigenvalue weighted by Gasteiger charge is 2.25. The summed E-state index contributed by atoms with van der Waals surface area (Å²) >= 11 is 12.0. The summed E-state index contributed by atoms with van der Waals surface area (Å²) in [7, 11) is 0. The Morgan fingerprint density at radius 3 is 2.57 bits per heavy atom. The molecule has 2 aromatic carbocycles. The highest BCUT2D eigenvalue weighted by atomic mass is 35.5. The lowest BCUT2D eigenvalue weighted by Gasteiger charge is -2.22. The molecule has 1 aliphatic heterocycles. The fourth-order valence-corrected chi connectivity index (χ4v) is 3.98. The van der Waals surface area contributed by atoms with Crippen molar-refractivity contribution in [2.75, 3.05) is 29.9 Å². The van der Waals surface area contributed by atoms with Crippen LogP contribution in [0.1, 0.15) is 36.2 Å². The first-order chi connectivity index (χ1) is 14.3. The Hall–Kier alpha value is -2.57. The highest BCUT2D eigenvalue weighted by molar-refractivity contribution is 6.36. The molecule has 6 nitrogen and oxygen atoms in total. The quantitative estimate of drug-likeness (QED) is 0.713. The van der Waals surface area contributed by atoms with E-state index in [0.29, 0.717) is 47.2 Å². The number of anilines is 2. The molecule has 0 radical (unpaired) electrons. The van der Waals surface area contributed by atoms with Crippen LogP contribution in [-0.2, 0) is 16.0 Å². The van der Waals surface area contributed by atoms with E-state index in [2.05, 4.69) is 5.32 Å². The Morgan fingerprint density at radius 2 is 1.90 bits per heavy atom. The molecule has 0 aromatic heterocycles. The van der Waals surface area contributed by atoms with Crippen LogP contribution in [0.4, 0.5) is 11.4 Å². The molecule has 0 spiro atoms. The Morgan fingerprint density at radius 1 is 1.13 bits per heavy atom. The Balaban J connectivity index is 1.73. The second-order valence-corrected chi connectivity index (χ2v) is 8.01. The van der Waals surface area contributed by atoms with Crippen molar-refractivity contribution in [2.45, 2.75) is 26.7 Å².